The van der Waals surface area contributed by atoms with E-state index in [1.54, 1.807) is 0 Å². The van der Waals surface area contributed by atoms with Gasteiger partial charge in [-0.25, -0.2) is 4.98 Å². The summed E-state index contributed by atoms with van der Waals surface area (Å²) in [6.07, 6.45) is 1.89. The minimum absolute atomic E-state index is 0.886. The normalized spacial score (nSPS) is 17.4. The summed E-state index contributed by atoms with van der Waals surface area (Å²) in [4.78, 5) is 9.42. The monoisotopic (exact) mass is 234 g/mol. The van der Waals surface area contributed by atoms with Crippen molar-refractivity contribution >= 4 is 5.82 Å². The van der Waals surface area contributed by atoms with Crippen LogP contribution in [0.15, 0.2) is 18.3 Å². The van der Waals surface area contributed by atoms with Crippen molar-refractivity contribution in [2.24, 2.45) is 0 Å². The molecule has 1 saturated heterocycles. The van der Waals surface area contributed by atoms with Gasteiger partial charge in [0.1, 0.15) is 5.82 Å². The summed E-state index contributed by atoms with van der Waals surface area (Å²) < 4.78 is 0. The fourth-order valence-electron chi connectivity index (χ4n) is 2.32. The molecule has 0 saturated carbocycles. The van der Waals surface area contributed by atoms with Crippen molar-refractivity contribution in [1.29, 1.82) is 0 Å². The highest BCUT2D eigenvalue weighted by molar-refractivity contribution is 5.47. The second kappa shape index (κ2) is 5.98. The molecule has 1 aromatic heterocycles. The van der Waals surface area contributed by atoms with Gasteiger partial charge < -0.3 is 15.1 Å². The first-order valence-corrected chi connectivity index (χ1v) is 6.41. The number of pyridine rings is 1. The van der Waals surface area contributed by atoms with E-state index in [9.17, 15) is 0 Å². The second-order valence-corrected chi connectivity index (χ2v) is 4.44. The molecule has 4 heteroatoms. The van der Waals surface area contributed by atoms with Gasteiger partial charge in [-0.05, 0) is 19.7 Å². The summed E-state index contributed by atoms with van der Waals surface area (Å²) in [5, 5.41) is 3.21. The van der Waals surface area contributed by atoms with E-state index in [4.69, 9.17) is 0 Å². The Labute approximate surface area is 104 Å². The molecule has 0 bridgehead atoms. The van der Waals surface area contributed by atoms with Crippen molar-refractivity contribution in [3.63, 3.8) is 0 Å². The van der Waals surface area contributed by atoms with Gasteiger partial charge in [0, 0.05) is 44.5 Å². The van der Waals surface area contributed by atoms with Gasteiger partial charge in [0.2, 0.25) is 0 Å². The molecule has 0 aromatic carbocycles. The summed E-state index contributed by atoms with van der Waals surface area (Å²) in [6.45, 7) is 8.72. The minimum Gasteiger partial charge on any atom is -0.354 e. The van der Waals surface area contributed by atoms with Gasteiger partial charge in [-0.15, -0.1) is 0 Å². The summed E-state index contributed by atoms with van der Waals surface area (Å²) in [5.74, 6) is 1.15. The van der Waals surface area contributed by atoms with E-state index in [2.05, 4.69) is 33.1 Å². The van der Waals surface area contributed by atoms with Gasteiger partial charge in [0.05, 0.1) is 0 Å². The maximum absolute atomic E-state index is 4.54. The number of anilines is 1. The molecule has 1 aromatic rings. The summed E-state index contributed by atoms with van der Waals surface area (Å²) in [6, 6.07) is 4.17. The SMILES string of the molecule is CCN1CCN(c2ncccc2CNC)CC1. The zero-order valence-corrected chi connectivity index (χ0v) is 10.8. The zero-order valence-electron chi connectivity index (χ0n) is 10.8. The van der Waals surface area contributed by atoms with Gasteiger partial charge in [-0.3, -0.25) is 0 Å². The average molecular weight is 234 g/mol. The van der Waals surface area contributed by atoms with E-state index in [-0.39, 0.29) is 0 Å². The molecule has 4 nitrogen and oxygen atoms in total. The van der Waals surface area contributed by atoms with E-state index in [1.165, 1.54) is 5.56 Å². The van der Waals surface area contributed by atoms with Crippen LogP contribution in [0.4, 0.5) is 5.82 Å². The molecule has 2 heterocycles. The molecule has 0 spiro atoms. The predicted molar refractivity (Wildman–Crippen MR) is 71.3 cm³/mol. The molecular weight excluding hydrogens is 212 g/mol. The van der Waals surface area contributed by atoms with Crippen LogP contribution < -0.4 is 10.2 Å². The van der Waals surface area contributed by atoms with Gasteiger partial charge in [0.15, 0.2) is 0 Å². The predicted octanol–water partition coefficient (Wildman–Crippen LogP) is 0.943. The Morgan fingerprint density at radius 3 is 2.71 bits per heavy atom. The molecule has 2 rings (SSSR count). The lowest BCUT2D eigenvalue weighted by Crippen LogP contribution is -2.46. The molecule has 0 unspecified atom stereocenters. The summed E-state index contributed by atoms with van der Waals surface area (Å²) in [7, 11) is 1.98. The molecule has 0 amide bonds. The molecule has 0 atom stereocenters. The first kappa shape index (κ1) is 12.3. The van der Waals surface area contributed by atoms with E-state index < -0.39 is 0 Å². The van der Waals surface area contributed by atoms with Crippen molar-refractivity contribution in [3.05, 3.63) is 23.9 Å². The van der Waals surface area contributed by atoms with Gasteiger partial charge in [-0.2, -0.15) is 0 Å². The van der Waals surface area contributed by atoms with Crippen LogP contribution in [0.2, 0.25) is 0 Å². The fourth-order valence-corrected chi connectivity index (χ4v) is 2.32. The van der Waals surface area contributed by atoms with Crippen LogP contribution >= 0.6 is 0 Å². The Bertz CT molecular complexity index is 345. The number of nitrogens with zero attached hydrogens (tertiary/aromatic N) is 3. The van der Waals surface area contributed by atoms with Crippen molar-refractivity contribution in [1.82, 2.24) is 15.2 Å². The van der Waals surface area contributed by atoms with Crippen LogP contribution in [0, 0.1) is 0 Å². The Morgan fingerprint density at radius 1 is 1.29 bits per heavy atom. The third-order valence-corrected chi connectivity index (χ3v) is 3.35. The van der Waals surface area contributed by atoms with E-state index in [0.717, 1.165) is 45.1 Å². The molecule has 94 valence electrons. The smallest absolute Gasteiger partial charge is 0.133 e. The lowest BCUT2D eigenvalue weighted by atomic mass is 10.2. The van der Waals surface area contributed by atoms with Crippen LogP contribution in [0.25, 0.3) is 0 Å². The topological polar surface area (TPSA) is 31.4 Å². The second-order valence-electron chi connectivity index (χ2n) is 4.44. The van der Waals surface area contributed by atoms with Crippen molar-refractivity contribution < 1.29 is 0 Å². The lowest BCUT2D eigenvalue weighted by Gasteiger charge is -2.35. The number of rotatable bonds is 4. The Balaban J connectivity index is 2.07. The highest BCUT2D eigenvalue weighted by Gasteiger charge is 2.18. The molecule has 1 aliphatic rings. The Kier molecular flexibility index (Phi) is 4.34. The number of nitrogens with one attached hydrogen (secondary N) is 1. The third kappa shape index (κ3) is 2.96. The van der Waals surface area contributed by atoms with Crippen LogP contribution in [-0.4, -0.2) is 49.7 Å². The quantitative estimate of drug-likeness (QED) is 0.840. The van der Waals surface area contributed by atoms with Crippen LogP contribution in [0.5, 0.6) is 0 Å². The maximum atomic E-state index is 4.54. The third-order valence-electron chi connectivity index (χ3n) is 3.35. The zero-order chi connectivity index (χ0) is 12.1. The molecule has 0 radical (unpaired) electrons. The molecule has 0 aliphatic carbocycles. The van der Waals surface area contributed by atoms with Crippen LogP contribution in [-0.2, 0) is 6.54 Å². The highest BCUT2D eigenvalue weighted by atomic mass is 15.3. The van der Waals surface area contributed by atoms with Crippen molar-refractivity contribution in [2.45, 2.75) is 13.5 Å². The number of aromatic nitrogens is 1. The fraction of sp³-hybridized carbons (Fsp3) is 0.615. The maximum Gasteiger partial charge on any atom is 0.133 e. The van der Waals surface area contributed by atoms with E-state index >= 15 is 0 Å². The summed E-state index contributed by atoms with van der Waals surface area (Å²) >= 11 is 0. The standard InChI is InChI=1S/C13H22N4/c1-3-16-7-9-17(10-8-16)13-12(11-14-2)5-4-6-15-13/h4-6,14H,3,7-11H2,1-2H3. The van der Waals surface area contributed by atoms with Gasteiger partial charge in [-0.1, -0.05) is 13.0 Å². The average Bonchev–Trinajstić information content (AvgIpc) is 2.40. The van der Waals surface area contributed by atoms with Crippen molar-refractivity contribution in [2.75, 3.05) is 44.7 Å². The van der Waals surface area contributed by atoms with Crippen molar-refractivity contribution in [3.8, 4) is 0 Å². The largest absolute Gasteiger partial charge is 0.354 e. The van der Waals surface area contributed by atoms with Crippen LogP contribution in [0.1, 0.15) is 12.5 Å². The molecule has 1 fully saturated rings. The van der Waals surface area contributed by atoms with E-state index in [0.29, 0.717) is 0 Å². The van der Waals surface area contributed by atoms with Gasteiger partial charge >= 0.3 is 0 Å². The van der Waals surface area contributed by atoms with Gasteiger partial charge in [0.25, 0.3) is 0 Å². The van der Waals surface area contributed by atoms with Crippen LogP contribution in [0.3, 0.4) is 0 Å². The number of hydrogen-bond donors (Lipinski definition) is 1. The highest BCUT2D eigenvalue weighted by Crippen LogP contribution is 2.18. The first-order chi connectivity index (χ1) is 8.35. The number of likely N-dealkylation sites (N-methyl/N-ethyl adjacent to an activating group) is 1. The molecular formula is C13H22N4. The lowest BCUT2D eigenvalue weighted by molar-refractivity contribution is 0.270. The van der Waals surface area contributed by atoms with E-state index in [1.807, 2.05) is 19.3 Å². The Morgan fingerprint density at radius 2 is 2.06 bits per heavy atom. The Hall–Kier alpha value is -1.13. The number of hydrogen-bond acceptors (Lipinski definition) is 4. The molecule has 17 heavy (non-hydrogen) atoms. The first-order valence-electron chi connectivity index (χ1n) is 6.41. The summed E-state index contributed by atoms with van der Waals surface area (Å²) in [5.41, 5.74) is 1.29. The number of piperazine rings is 1. The minimum atomic E-state index is 0.886. The molecule has 1 aliphatic heterocycles. The molecule has 1 N–H and O–H groups in total.